The Bertz CT molecular complexity index is 276. The van der Waals surface area contributed by atoms with Crippen LogP contribution < -0.4 is 10.0 Å². The molecule has 0 amide bonds. The molecule has 98 valence electrons. The van der Waals surface area contributed by atoms with Crippen molar-refractivity contribution in [2.75, 3.05) is 20.1 Å². The Labute approximate surface area is 99.8 Å². The van der Waals surface area contributed by atoms with Crippen molar-refractivity contribution < 1.29 is 8.42 Å². The van der Waals surface area contributed by atoms with E-state index < -0.39 is 10.2 Å². The lowest BCUT2D eigenvalue weighted by Crippen LogP contribution is -2.42. The molecule has 0 fully saturated rings. The van der Waals surface area contributed by atoms with Crippen molar-refractivity contribution in [1.29, 1.82) is 0 Å². The second-order valence-corrected chi connectivity index (χ2v) is 6.29. The summed E-state index contributed by atoms with van der Waals surface area (Å²) in [6.45, 7) is 9.12. The molecule has 0 atom stereocenters. The Morgan fingerprint density at radius 2 is 1.69 bits per heavy atom. The zero-order valence-electron chi connectivity index (χ0n) is 10.9. The second-order valence-electron chi connectivity index (χ2n) is 4.47. The van der Waals surface area contributed by atoms with Gasteiger partial charge < -0.3 is 5.32 Å². The molecule has 0 spiro atoms. The minimum atomic E-state index is -3.30. The Morgan fingerprint density at radius 1 is 1.12 bits per heavy atom. The van der Waals surface area contributed by atoms with E-state index in [1.54, 1.807) is 7.05 Å². The average Bonchev–Trinajstić information content (AvgIpc) is 2.15. The van der Waals surface area contributed by atoms with Gasteiger partial charge in [-0.3, -0.25) is 0 Å². The van der Waals surface area contributed by atoms with Crippen LogP contribution in [0.15, 0.2) is 0 Å². The Kier molecular flexibility index (Phi) is 7.14. The quantitative estimate of drug-likeness (QED) is 0.619. The first-order chi connectivity index (χ1) is 7.27. The summed E-state index contributed by atoms with van der Waals surface area (Å²) in [6, 6.07) is 0.418. The standard InChI is InChI=1S/C10H25N3O2S/c1-9(2)11-7-6-8-12-16(14,15)13(5)10(3)4/h9-12H,6-8H2,1-5H3. The molecule has 0 bridgehead atoms. The summed E-state index contributed by atoms with van der Waals surface area (Å²) < 4.78 is 27.2. The molecule has 16 heavy (non-hydrogen) atoms. The van der Waals surface area contributed by atoms with Crippen LogP contribution in [-0.4, -0.2) is 44.9 Å². The van der Waals surface area contributed by atoms with Gasteiger partial charge in [-0.2, -0.15) is 12.7 Å². The molecule has 0 aromatic heterocycles. The van der Waals surface area contributed by atoms with E-state index in [4.69, 9.17) is 0 Å². The van der Waals surface area contributed by atoms with Gasteiger partial charge >= 0.3 is 0 Å². The number of hydrogen-bond donors (Lipinski definition) is 2. The second kappa shape index (κ2) is 7.21. The molecule has 5 nitrogen and oxygen atoms in total. The van der Waals surface area contributed by atoms with Crippen molar-refractivity contribution >= 4 is 10.2 Å². The fourth-order valence-electron chi connectivity index (χ4n) is 1.06. The highest BCUT2D eigenvalue weighted by atomic mass is 32.2. The minimum Gasteiger partial charge on any atom is -0.314 e. The fraction of sp³-hybridized carbons (Fsp3) is 1.00. The van der Waals surface area contributed by atoms with Gasteiger partial charge in [0, 0.05) is 25.7 Å². The van der Waals surface area contributed by atoms with Crippen LogP contribution in [0.4, 0.5) is 0 Å². The maximum absolute atomic E-state index is 11.7. The van der Waals surface area contributed by atoms with E-state index in [1.807, 2.05) is 13.8 Å². The molecule has 0 rings (SSSR count). The van der Waals surface area contributed by atoms with Crippen LogP contribution in [0.1, 0.15) is 34.1 Å². The molecule has 0 unspecified atom stereocenters. The third-order valence-corrected chi connectivity index (χ3v) is 4.05. The van der Waals surface area contributed by atoms with Crippen LogP contribution in [0.2, 0.25) is 0 Å². The molecule has 0 heterocycles. The zero-order valence-corrected chi connectivity index (χ0v) is 11.8. The van der Waals surface area contributed by atoms with E-state index in [-0.39, 0.29) is 6.04 Å². The van der Waals surface area contributed by atoms with Crippen LogP contribution in [0, 0.1) is 0 Å². The fourth-order valence-corrected chi connectivity index (χ4v) is 2.22. The molecule has 0 radical (unpaired) electrons. The molecule has 6 heteroatoms. The summed E-state index contributed by atoms with van der Waals surface area (Å²) in [4.78, 5) is 0. The molecule has 0 aromatic carbocycles. The highest BCUT2D eigenvalue weighted by molar-refractivity contribution is 7.87. The Hall–Kier alpha value is -0.170. The number of hydrogen-bond acceptors (Lipinski definition) is 3. The van der Waals surface area contributed by atoms with Gasteiger partial charge in [0.25, 0.3) is 10.2 Å². The van der Waals surface area contributed by atoms with Gasteiger partial charge in [0.1, 0.15) is 0 Å². The first kappa shape index (κ1) is 15.8. The van der Waals surface area contributed by atoms with Crippen LogP contribution in [0.3, 0.4) is 0 Å². The minimum absolute atomic E-state index is 0.0220. The summed E-state index contributed by atoms with van der Waals surface area (Å²) in [7, 11) is -1.72. The monoisotopic (exact) mass is 251 g/mol. The molecule has 0 aliphatic heterocycles. The average molecular weight is 251 g/mol. The van der Waals surface area contributed by atoms with E-state index in [2.05, 4.69) is 23.9 Å². The highest BCUT2D eigenvalue weighted by Gasteiger charge is 2.18. The predicted molar refractivity (Wildman–Crippen MR) is 67.6 cm³/mol. The van der Waals surface area contributed by atoms with E-state index in [1.165, 1.54) is 4.31 Å². The predicted octanol–water partition coefficient (Wildman–Crippen LogP) is 0.549. The van der Waals surface area contributed by atoms with Gasteiger partial charge in [0.15, 0.2) is 0 Å². The third-order valence-electron chi connectivity index (χ3n) is 2.30. The third kappa shape index (κ3) is 6.42. The van der Waals surface area contributed by atoms with Gasteiger partial charge in [-0.25, -0.2) is 4.72 Å². The topological polar surface area (TPSA) is 61.4 Å². The van der Waals surface area contributed by atoms with E-state index in [0.29, 0.717) is 12.6 Å². The van der Waals surface area contributed by atoms with Crippen molar-refractivity contribution in [3.8, 4) is 0 Å². The summed E-state index contributed by atoms with van der Waals surface area (Å²) in [5.41, 5.74) is 0. The van der Waals surface area contributed by atoms with E-state index in [0.717, 1.165) is 13.0 Å². The lowest BCUT2D eigenvalue weighted by molar-refractivity contribution is 0.402. The normalized spacial score (nSPS) is 13.0. The lowest BCUT2D eigenvalue weighted by Gasteiger charge is -2.21. The van der Waals surface area contributed by atoms with Gasteiger partial charge in [0.05, 0.1) is 0 Å². The smallest absolute Gasteiger partial charge is 0.279 e. The number of rotatable bonds is 8. The molecule has 0 aliphatic carbocycles. The van der Waals surface area contributed by atoms with Gasteiger partial charge in [-0.05, 0) is 26.8 Å². The first-order valence-corrected chi connectivity index (χ1v) is 7.17. The Morgan fingerprint density at radius 3 is 2.12 bits per heavy atom. The molecule has 2 N–H and O–H groups in total. The summed E-state index contributed by atoms with van der Waals surface area (Å²) >= 11 is 0. The summed E-state index contributed by atoms with van der Waals surface area (Å²) in [5, 5.41) is 3.24. The van der Waals surface area contributed by atoms with Crippen molar-refractivity contribution in [3.63, 3.8) is 0 Å². The van der Waals surface area contributed by atoms with Gasteiger partial charge in [-0.1, -0.05) is 13.8 Å². The van der Waals surface area contributed by atoms with Crippen molar-refractivity contribution in [2.24, 2.45) is 0 Å². The lowest BCUT2D eigenvalue weighted by atomic mass is 10.3. The van der Waals surface area contributed by atoms with Crippen molar-refractivity contribution in [2.45, 2.75) is 46.2 Å². The maximum atomic E-state index is 11.7. The molecular weight excluding hydrogens is 226 g/mol. The first-order valence-electron chi connectivity index (χ1n) is 5.73. The maximum Gasteiger partial charge on any atom is 0.279 e. The molecule has 0 saturated heterocycles. The molecule has 0 saturated carbocycles. The van der Waals surface area contributed by atoms with Crippen molar-refractivity contribution in [3.05, 3.63) is 0 Å². The van der Waals surface area contributed by atoms with Gasteiger partial charge in [-0.15, -0.1) is 0 Å². The summed E-state index contributed by atoms with van der Waals surface area (Å²) in [6.07, 6.45) is 0.795. The van der Waals surface area contributed by atoms with Crippen LogP contribution in [0.5, 0.6) is 0 Å². The summed E-state index contributed by atoms with van der Waals surface area (Å²) in [5.74, 6) is 0. The van der Waals surface area contributed by atoms with Gasteiger partial charge in [0.2, 0.25) is 0 Å². The largest absolute Gasteiger partial charge is 0.314 e. The number of nitrogens with one attached hydrogen (secondary N) is 2. The number of nitrogens with zero attached hydrogens (tertiary/aromatic N) is 1. The molecular formula is C10H25N3O2S. The Balaban J connectivity index is 3.84. The highest BCUT2D eigenvalue weighted by Crippen LogP contribution is 2.00. The molecule has 0 aromatic rings. The van der Waals surface area contributed by atoms with E-state index >= 15 is 0 Å². The SMILES string of the molecule is CC(C)NCCCNS(=O)(=O)N(C)C(C)C. The van der Waals surface area contributed by atoms with Crippen molar-refractivity contribution in [1.82, 2.24) is 14.3 Å². The molecule has 0 aliphatic rings. The van der Waals surface area contributed by atoms with Crippen LogP contribution >= 0.6 is 0 Å². The zero-order chi connectivity index (χ0) is 12.8. The van der Waals surface area contributed by atoms with E-state index in [9.17, 15) is 8.42 Å². The van der Waals surface area contributed by atoms with Crippen LogP contribution in [-0.2, 0) is 10.2 Å². The van der Waals surface area contributed by atoms with Crippen LogP contribution in [0.25, 0.3) is 0 Å².